The van der Waals surface area contributed by atoms with Crippen molar-refractivity contribution in [2.24, 2.45) is 0 Å². The number of para-hydroxylation sites is 1. The fourth-order valence-electron chi connectivity index (χ4n) is 0.901. The largest absolute Gasteiger partial charge is 0.504 e. The normalized spacial score (nSPS) is 10.7. The monoisotopic (exact) mass is 203 g/mol. The van der Waals surface area contributed by atoms with E-state index in [1.54, 1.807) is 0 Å². The Labute approximate surface area is 77.0 Å². The first-order valence-electron chi connectivity index (χ1n) is 3.42. The third-order valence-corrected chi connectivity index (χ3v) is 1.45. The minimum atomic E-state index is -4.66. The summed E-state index contributed by atoms with van der Waals surface area (Å²) in [6.07, 6.45) is -3.58. The fraction of sp³-hybridized carbons (Fsp3) is 0.125. The molecule has 1 N–H and O–H groups in total. The zero-order valence-corrected chi connectivity index (χ0v) is 6.67. The summed E-state index contributed by atoms with van der Waals surface area (Å²) in [7, 11) is 0. The van der Waals surface area contributed by atoms with Crippen LogP contribution in [-0.4, -0.2) is 5.11 Å². The van der Waals surface area contributed by atoms with Crippen LogP contribution in [0.2, 0.25) is 0 Å². The van der Waals surface area contributed by atoms with Gasteiger partial charge in [0.25, 0.3) is 6.26 Å². The maximum absolute atomic E-state index is 12.3. The highest BCUT2D eigenvalue weighted by molar-refractivity contribution is 5.47. The molecule has 0 aromatic heterocycles. The van der Waals surface area contributed by atoms with Crippen molar-refractivity contribution < 1.29 is 23.0 Å². The van der Waals surface area contributed by atoms with E-state index in [1.807, 2.05) is 0 Å². The van der Waals surface area contributed by atoms with Crippen molar-refractivity contribution >= 4 is 0 Å². The Morgan fingerprint density at radius 3 is 2.50 bits per heavy atom. The lowest BCUT2D eigenvalue weighted by molar-refractivity contribution is -0.138. The molecule has 1 aromatic carbocycles. The Morgan fingerprint density at radius 2 is 2.00 bits per heavy atom. The second-order valence-corrected chi connectivity index (χ2v) is 2.34. The Morgan fingerprint density at radius 1 is 1.36 bits per heavy atom. The summed E-state index contributed by atoms with van der Waals surface area (Å²) < 4.78 is 40.8. The van der Waals surface area contributed by atoms with Crippen LogP contribution in [0.3, 0.4) is 0 Å². The molecular weight excluding hydrogens is 199 g/mol. The summed E-state index contributed by atoms with van der Waals surface area (Å²) in [4.78, 5) is 0. The highest BCUT2D eigenvalue weighted by atomic mass is 19.4. The molecule has 3 nitrogen and oxygen atoms in total. The Kier molecular flexibility index (Phi) is 2.51. The van der Waals surface area contributed by atoms with Gasteiger partial charge in [0.15, 0.2) is 11.5 Å². The zero-order valence-electron chi connectivity index (χ0n) is 6.67. The lowest BCUT2D eigenvalue weighted by Crippen LogP contribution is -2.07. The van der Waals surface area contributed by atoms with Crippen LogP contribution in [0.5, 0.6) is 11.5 Å². The Balaban J connectivity index is 3.30. The minimum absolute atomic E-state index is 0.715. The van der Waals surface area contributed by atoms with Crippen molar-refractivity contribution in [2.75, 3.05) is 0 Å². The second-order valence-electron chi connectivity index (χ2n) is 2.34. The number of aromatic hydroxyl groups is 1. The molecule has 74 valence electrons. The van der Waals surface area contributed by atoms with Gasteiger partial charge in [-0.3, -0.25) is 0 Å². The molecule has 0 fully saturated rings. The van der Waals surface area contributed by atoms with E-state index < -0.39 is 23.2 Å². The number of phenols is 1. The molecule has 0 saturated heterocycles. The van der Waals surface area contributed by atoms with Gasteiger partial charge in [-0.1, -0.05) is 6.07 Å². The molecule has 14 heavy (non-hydrogen) atoms. The smallest absolute Gasteiger partial charge is 0.420 e. The highest BCUT2D eigenvalue weighted by Gasteiger charge is 2.35. The lowest BCUT2D eigenvalue weighted by Gasteiger charge is -2.10. The molecule has 0 atom stereocenters. The van der Waals surface area contributed by atoms with E-state index in [4.69, 9.17) is 10.4 Å². The zero-order chi connectivity index (χ0) is 10.8. The van der Waals surface area contributed by atoms with E-state index in [9.17, 15) is 13.2 Å². The lowest BCUT2D eigenvalue weighted by atomic mass is 10.2. The predicted octanol–water partition coefficient (Wildman–Crippen LogP) is 2.27. The van der Waals surface area contributed by atoms with Crippen LogP contribution in [0.4, 0.5) is 13.2 Å². The summed E-state index contributed by atoms with van der Waals surface area (Å²) in [6.45, 7) is 0. The Bertz CT molecular complexity index is 381. The van der Waals surface area contributed by atoms with Gasteiger partial charge in [0.05, 0.1) is 0 Å². The topological polar surface area (TPSA) is 53.2 Å². The fourth-order valence-corrected chi connectivity index (χ4v) is 0.901. The number of alkyl halides is 3. The highest BCUT2D eigenvalue weighted by Crippen LogP contribution is 2.40. The minimum Gasteiger partial charge on any atom is -0.504 e. The quantitative estimate of drug-likeness (QED) is 0.712. The van der Waals surface area contributed by atoms with Gasteiger partial charge in [0.2, 0.25) is 0 Å². The van der Waals surface area contributed by atoms with Gasteiger partial charge in [-0.25, -0.2) is 0 Å². The first-order chi connectivity index (χ1) is 6.46. The van der Waals surface area contributed by atoms with Crippen LogP contribution in [0.15, 0.2) is 18.2 Å². The molecule has 0 aliphatic heterocycles. The molecule has 1 rings (SSSR count). The molecule has 0 saturated carbocycles. The summed E-state index contributed by atoms with van der Waals surface area (Å²) >= 11 is 0. The number of benzene rings is 1. The van der Waals surface area contributed by atoms with Gasteiger partial charge in [-0.15, -0.1) is 5.26 Å². The standard InChI is InChI=1S/C8H4F3NO2/c9-8(10,11)5-2-1-3-6(13)7(5)14-4-12/h1-3,13H. The van der Waals surface area contributed by atoms with Crippen molar-refractivity contribution in [1.29, 1.82) is 5.26 Å². The van der Waals surface area contributed by atoms with Crippen LogP contribution in [0, 0.1) is 11.5 Å². The molecule has 0 amide bonds. The van der Waals surface area contributed by atoms with Crippen LogP contribution in [-0.2, 0) is 6.18 Å². The van der Waals surface area contributed by atoms with Crippen molar-refractivity contribution in [1.82, 2.24) is 0 Å². The summed E-state index contributed by atoms with van der Waals surface area (Å²) in [5.74, 6) is -1.59. The summed E-state index contributed by atoms with van der Waals surface area (Å²) in [5, 5.41) is 17.1. The van der Waals surface area contributed by atoms with Gasteiger partial charge in [0, 0.05) is 0 Å². The van der Waals surface area contributed by atoms with E-state index in [-0.39, 0.29) is 0 Å². The SMILES string of the molecule is N#COc1c(O)cccc1C(F)(F)F. The molecule has 0 heterocycles. The number of nitriles is 1. The van der Waals surface area contributed by atoms with Crippen LogP contribution in [0.25, 0.3) is 0 Å². The van der Waals surface area contributed by atoms with E-state index in [1.165, 1.54) is 0 Å². The molecule has 0 aliphatic rings. The van der Waals surface area contributed by atoms with Gasteiger partial charge >= 0.3 is 6.18 Å². The van der Waals surface area contributed by atoms with Crippen LogP contribution in [0.1, 0.15) is 5.56 Å². The second kappa shape index (κ2) is 3.46. The number of hydrogen-bond donors (Lipinski definition) is 1. The van der Waals surface area contributed by atoms with Gasteiger partial charge in [-0.2, -0.15) is 13.2 Å². The van der Waals surface area contributed by atoms with Crippen LogP contribution < -0.4 is 4.74 Å². The molecule has 0 unspecified atom stereocenters. The number of ether oxygens (including phenoxy) is 1. The molecule has 0 spiro atoms. The van der Waals surface area contributed by atoms with Crippen molar-refractivity contribution in [3.63, 3.8) is 0 Å². The number of halogens is 3. The Hall–Kier alpha value is -1.90. The van der Waals surface area contributed by atoms with Crippen molar-refractivity contribution in [3.8, 4) is 17.8 Å². The first-order valence-corrected chi connectivity index (χ1v) is 3.42. The molecule has 0 radical (unpaired) electrons. The third kappa shape index (κ3) is 1.88. The van der Waals surface area contributed by atoms with E-state index in [0.29, 0.717) is 6.07 Å². The average molecular weight is 203 g/mol. The number of rotatable bonds is 1. The molecular formula is C8H4F3NO2. The average Bonchev–Trinajstić information content (AvgIpc) is 2.07. The molecule has 6 heteroatoms. The number of hydrogen-bond acceptors (Lipinski definition) is 3. The van der Waals surface area contributed by atoms with Crippen LogP contribution >= 0.6 is 0 Å². The van der Waals surface area contributed by atoms with E-state index in [2.05, 4.69) is 4.74 Å². The van der Waals surface area contributed by atoms with Gasteiger partial charge < -0.3 is 9.84 Å². The molecule has 0 aliphatic carbocycles. The number of phenolic OH excluding ortho intramolecular Hbond substituents is 1. The maximum Gasteiger partial charge on any atom is 0.420 e. The molecule has 1 aromatic rings. The van der Waals surface area contributed by atoms with E-state index in [0.717, 1.165) is 18.4 Å². The molecule has 0 bridgehead atoms. The first kappa shape index (κ1) is 10.2. The van der Waals surface area contributed by atoms with Crippen molar-refractivity contribution in [2.45, 2.75) is 6.18 Å². The van der Waals surface area contributed by atoms with Crippen molar-refractivity contribution in [3.05, 3.63) is 23.8 Å². The third-order valence-electron chi connectivity index (χ3n) is 1.45. The van der Waals surface area contributed by atoms with Gasteiger partial charge in [0.1, 0.15) is 5.56 Å². The summed E-state index contributed by atoms with van der Waals surface area (Å²) in [6, 6.07) is 2.73. The maximum atomic E-state index is 12.3. The van der Waals surface area contributed by atoms with E-state index >= 15 is 0 Å². The summed E-state index contributed by atoms with van der Waals surface area (Å²) in [5.41, 5.74) is -1.18. The predicted molar refractivity (Wildman–Crippen MR) is 39.3 cm³/mol. The number of nitrogens with zero attached hydrogens (tertiary/aromatic N) is 1. The van der Waals surface area contributed by atoms with Gasteiger partial charge in [-0.05, 0) is 12.1 Å².